The number of anilines is 1. The van der Waals surface area contributed by atoms with E-state index in [1.807, 2.05) is 0 Å². The highest BCUT2D eigenvalue weighted by Gasteiger charge is 2.37. The van der Waals surface area contributed by atoms with Crippen LogP contribution in [0.5, 0.6) is 11.5 Å². The lowest BCUT2D eigenvalue weighted by Crippen LogP contribution is -2.54. The Bertz CT molecular complexity index is 1380. The Morgan fingerprint density at radius 2 is 1.80 bits per heavy atom. The Hall–Kier alpha value is -3.69. The zero-order valence-electron chi connectivity index (χ0n) is 18.2. The van der Waals surface area contributed by atoms with Crippen molar-refractivity contribution in [2.75, 3.05) is 12.0 Å². The fourth-order valence-electron chi connectivity index (χ4n) is 3.40. The minimum Gasteiger partial charge on any atom is -0.493 e. The van der Waals surface area contributed by atoms with E-state index in [2.05, 4.69) is 21.2 Å². The number of methoxy groups -OCH3 is 1. The predicted molar refractivity (Wildman–Crippen MR) is 132 cm³/mol. The number of barbiturate groups is 1. The first-order valence-electron chi connectivity index (χ1n) is 10.2. The van der Waals surface area contributed by atoms with Crippen LogP contribution in [0.3, 0.4) is 0 Å². The van der Waals surface area contributed by atoms with Crippen molar-refractivity contribution in [3.63, 3.8) is 0 Å². The van der Waals surface area contributed by atoms with E-state index in [4.69, 9.17) is 21.1 Å². The maximum Gasteiger partial charge on any atom is 0.335 e. The molecule has 1 aliphatic heterocycles. The molecule has 0 radical (unpaired) electrons. The highest BCUT2D eigenvalue weighted by molar-refractivity contribution is 9.10. The second-order valence-electron chi connectivity index (χ2n) is 7.32. The summed E-state index contributed by atoms with van der Waals surface area (Å²) in [6, 6.07) is 14.8. The molecule has 3 aromatic carbocycles. The zero-order chi connectivity index (χ0) is 25.1. The Kier molecular flexibility index (Phi) is 7.18. The van der Waals surface area contributed by atoms with E-state index in [-0.39, 0.29) is 28.6 Å². The van der Waals surface area contributed by atoms with Gasteiger partial charge >= 0.3 is 6.03 Å². The molecule has 4 rings (SSSR count). The van der Waals surface area contributed by atoms with Crippen LogP contribution in [0.2, 0.25) is 5.02 Å². The van der Waals surface area contributed by atoms with Gasteiger partial charge in [0.25, 0.3) is 11.8 Å². The van der Waals surface area contributed by atoms with E-state index in [0.29, 0.717) is 21.3 Å². The number of hydrogen-bond acceptors (Lipinski definition) is 5. The molecule has 0 atom stereocenters. The van der Waals surface area contributed by atoms with E-state index in [1.54, 1.807) is 42.5 Å². The average molecular weight is 560 g/mol. The summed E-state index contributed by atoms with van der Waals surface area (Å²) in [6.45, 7) is -0.0438. The molecule has 7 nitrogen and oxygen atoms in total. The van der Waals surface area contributed by atoms with Crippen LogP contribution in [0.25, 0.3) is 6.08 Å². The van der Waals surface area contributed by atoms with E-state index in [0.717, 1.165) is 4.90 Å². The number of carbonyl (C=O) groups excluding carboxylic acids is 3. The molecule has 0 aromatic heterocycles. The Morgan fingerprint density at radius 1 is 1.09 bits per heavy atom. The number of urea groups is 1. The third-order valence-electron chi connectivity index (χ3n) is 5.09. The standard InChI is InChI=1S/C25H17BrClFN2O5/c1-34-21-12-14(11-17(26)22(21)35-13-15-6-2-4-8-19(15)28)10-16-23(31)29-25(33)30(24(16)32)20-9-5-3-7-18(20)27/h2-12H,13H2,1H3,(H,29,31,33)/b16-10+. The summed E-state index contributed by atoms with van der Waals surface area (Å²) >= 11 is 9.55. The predicted octanol–water partition coefficient (Wildman–Crippen LogP) is 5.50. The minimum absolute atomic E-state index is 0.0438. The second kappa shape index (κ2) is 10.3. The smallest absolute Gasteiger partial charge is 0.335 e. The summed E-state index contributed by atoms with van der Waals surface area (Å²) in [7, 11) is 1.42. The lowest BCUT2D eigenvalue weighted by Gasteiger charge is -2.27. The van der Waals surface area contributed by atoms with E-state index in [9.17, 15) is 18.8 Å². The highest BCUT2D eigenvalue weighted by atomic mass is 79.9. The Labute approximate surface area is 213 Å². The van der Waals surface area contributed by atoms with Crippen molar-refractivity contribution < 1.29 is 28.2 Å². The number of para-hydroxylation sites is 1. The number of ether oxygens (including phenoxy) is 2. The number of benzene rings is 3. The molecular weight excluding hydrogens is 543 g/mol. The summed E-state index contributed by atoms with van der Waals surface area (Å²) in [5, 5.41) is 2.32. The van der Waals surface area contributed by atoms with Crippen LogP contribution in [0, 0.1) is 5.82 Å². The average Bonchev–Trinajstić information content (AvgIpc) is 2.83. The zero-order valence-corrected chi connectivity index (χ0v) is 20.5. The number of carbonyl (C=O) groups is 3. The molecule has 1 N–H and O–H groups in total. The van der Waals surface area contributed by atoms with Gasteiger partial charge in [-0.3, -0.25) is 14.9 Å². The summed E-state index contributed by atoms with van der Waals surface area (Å²) in [5.74, 6) is -1.49. The van der Waals surface area contributed by atoms with Gasteiger partial charge in [0.2, 0.25) is 0 Å². The number of hydrogen-bond donors (Lipinski definition) is 1. The van der Waals surface area contributed by atoms with Gasteiger partial charge in [0, 0.05) is 5.56 Å². The first-order chi connectivity index (χ1) is 16.8. The molecule has 0 saturated carbocycles. The molecule has 10 heteroatoms. The summed E-state index contributed by atoms with van der Waals surface area (Å²) in [6.07, 6.45) is 1.32. The molecule has 3 aromatic rings. The van der Waals surface area contributed by atoms with Gasteiger partial charge in [-0.1, -0.05) is 41.9 Å². The van der Waals surface area contributed by atoms with Gasteiger partial charge in [0.05, 0.1) is 22.3 Å². The van der Waals surface area contributed by atoms with Gasteiger partial charge in [0.15, 0.2) is 11.5 Å². The van der Waals surface area contributed by atoms with Crippen molar-refractivity contribution in [3.8, 4) is 11.5 Å². The van der Waals surface area contributed by atoms with E-state index >= 15 is 0 Å². The Balaban J connectivity index is 1.66. The molecule has 1 fully saturated rings. The highest BCUT2D eigenvalue weighted by Crippen LogP contribution is 2.38. The fourth-order valence-corrected chi connectivity index (χ4v) is 4.20. The SMILES string of the molecule is COc1cc(/C=C2\C(=O)NC(=O)N(c3ccccc3Cl)C2=O)cc(Br)c1OCc1ccccc1F. The third-order valence-corrected chi connectivity index (χ3v) is 6.00. The van der Waals surface area contributed by atoms with Crippen LogP contribution in [0.15, 0.2) is 70.7 Å². The van der Waals surface area contributed by atoms with Gasteiger partial charge < -0.3 is 9.47 Å². The molecule has 0 aliphatic carbocycles. The van der Waals surface area contributed by atoms with Gasteiger partial charge in [-0.05, 0) is 57.9 Å². The fraction of sp³-hybridized carbons (Fsp3) is 0.0800. The van der Waals surface area contributed by atoms with Crippen LogP contribution in [-0.4, -0.2) is 25.0 Å². The molecule has 1 aliphatic rings. The molecule has 0 unspecified atom stereocenters. The molecule has 0 bridgehead atoms. The minimum atomic E-state index is -0.902. The van der Waals surface area contributed by atoms with Crippen LogP contribution in [0.1, 0.15) is 11.1 Å². The number of nitrogens with one attached hydrogen (secondary N) is 1. The van der Waals surface area contributed by atoms with Crippen LogP contribution in [0.4, 0.5) is 14.9 Å². The number of amides is 4. The summed E-state index contributed by atoms with van der Waals surface area (Å²) < 4.78 is 25.6. The molecule has 35 heavy (non-hydrogen) atoms. The van der Waals surface area contributed by atoms with Crippen molar-refractivity contribution in [1.82, 2.24) is 5.32 Å². The number of nitrogens with zero attached hydrogens (tertiary/aromatic N) is 1. The van der Waals surface area contributed by atoms with Crippen molar-refractivity contribution in [1.29, 1.82) is 0 Å². The monoisotopic (exact) mass is 558 g/mol. The van der Waals surface area contributed by atoms with Gasteiger partial charge in [-0.15, -0.1) is 0 Å². The maximum absolute atomic E-state index is 13.9. The molecule has 1 heterocycles. The van der Waals surface area contributed by atoms with Crippen LogP contribution in [-0.2, 0) is 16.2 Å². The van der Waals surface area contributed by atoms with Crippen molar-refractivity contribution in [2.24, 2.45) is 0 Å². The lowest BCUT2D eigenvalue weighted by molar-refractivity contribution is -0.122. The van der Waals surface area contributed by atoms with Crippen molar-refractivity contribution in [3.05, 3.63) is 92.7 Å². The molecule has 4 amide bonds. The van der Waals surface area contributed by atoms with Gasteiger partial charge in [-0.25, -0.2) is 14.1 Å². The first-order valence-corrected chi connectivity index (χ1v) is 11.4. The Morgan fingerprint density at radius 3 is 2.51 bits per heavy atom. The van der Waals surface area contributed by atoms with Gasteiger partial charge in [0.1, 0.15) is 18.0 Å². The first kappa shape index (κ1) is 24.4. The van der Waals surface area contributed by atoms with Crippen LogP contribution >= 0.6 is 27.5 Å². The summed E-state index contributed by atoms with van der Waals surface area (Å²) in [5.41, 5.74) is 0.643. The molecule has 0 spiro atoms. The number of rotatable bonds is 6. The van der Waals surface area contributed by atoms with Gasteiger partial charge in [-0.2, -0.15) is 0 Å². The molecule has 178 valence electrons. The number of halogens is 3. The molecule has 1 saturated heterocycles. The van der Waals surface area contributed by atoms with E-state index < -0.39 is 23.7 Å². The lowest BCUT2D eigenvalue weighted by atomic mass is 10.1. The number of imide groups is 2. The molecular formula is C25H17BrClFN2O5. The largest absolute Gasteiger partial charge is 0.493 e. The topological polar surface area (TPSA) is 84.9 Å². The summed E-state index contributed by atoms with van der Waals surface area (Å²) in [4.78, 5) is 38.8. The quantitative estimate of drug-likeness (QED) is 0.319. The second-order valence-corrected chi connectivity index (χ2v) is 8.58. The van der Waals surface area contributed by atoms with Crippen LogP contribution < -0.4 is 19.7 Å². The normalized spacial score (nSPS) is 14.8. The van der Waals surface area contributed by atoms with Crippen molar-refractivity contribution >= 4 is 57.1 Å². The van der Waals surface area contributed by atoms with Crippen molar-refractivity contribution in [2.45, 2.75) is 6.61 Å². The van der Waals surface area contributed by atoms with E-state index in [1.165, 1.54) is 31.4 Å². The third kappa shape index (κ3) is 5.06. The maximum atomic E-state index is 13.9.